The first-order valence-electron chi connectivity index (χ1n) is 6.99. The lowest BCUT2D eigenvalue weighted by Crippen LogP contribution is -2.45. The number of amides is 1. The summed E-state index contributed by atoms with van der Waals surface area (Å²) in [5, 5.41) is 21.7. The number of carbonyl (C=O) groups is 1. The molecule has 8 heteroatoms. The van der Waals surface area contributed by atoms with Gasteiger partial charge in [0.2, 0.25) is 5.91 Å². The molecule has 1 aliphatic heterocycles. The molecule has 0 saturated carbocycles. The second kappa shape index (κ2) is 5.61. The summed E-state index contributed by atoms with van der Waals surface area (Å²) in [4.78, 5) is 25.7. The summed E-state index contributed by atoms with van der Waals surface area (Å²) in [7, 11) is 0. The Hall–Kier alpha value is -2.66. The number of aromatic amines is 1. The zero-order valence-electron chi connectivity index (χ0n) is 11.9. The van der Waals surface area contributed by atoms with Gasteiger partial charge in [-0.15, -0.1) is 0 Å². The van der Waals surface area contributed by atoms with Gasteiger partial charge in [0.25, 0.3) is 0 Å². The van der Waals surface area contributed by atoms with E-state index in [1.807, 2.05) is 17.0 Å². The predicted molar refractivity (Wildman–Crippen MR) is 78.9 cm³/mol. The molecule has 8 nitrogen and oxygen atoms in total. The summed E-state index contributed by atoms with van der Waals surface area (Å²) in [6.45, 7) is 0.647. The van der Waals surface area contributed by atoms with Gasteiger partial charge in [0, 0.05) is 19.3 Å². The molecule has 3 N–H and O–H groups in total. The number of hydrogen-bond acceptors (Lipinski definition) is 6. The highest BCUT2D eigenvalue weighted by Gasteiger charge is 2.44. The fraction of sp³-hybridized carbons (Fsp3) is 0.429. The Balaban J connectivity index is 1.86. The Labute approximate surface area is 126 Å². The van der Waals surface area contributed by atoms with Gasteiger partial charge in [0.1, 0.15) is 24.3 Å². The van der Waals surface area contributed by atoms with Gasteiger partial charge in [-0.05, 0) is 12.5 Å². The lowest BCUT2D eigenvalue weighted by Gasteiger charge is -2.25. The predicted octanol–water partition coefficient (Wildman–Crippen LogP) is -0.214. The number of aliphatic hydroxyl groups excluding tert-OH is 1. The molecule has 0 spiro atoms. The molecule has 1 atom stereocenters. The van der Waals surface area contributed by atoms with Crippen LogP contribution in [0.1, 0.15) is 6.42 Å². The molecule has 2 aromatic rings. The summed E-state index contributed by atoms with van der Waals surface area (Å²) in [5.74, 6) is 0.452. The molecular formula is C14H16N6O2. The van der Waals surface area contributed by atoms with E-state index in [1.54, 1.807) is 6.20 Å². The normalized spacial score (nSPS) is 21.0. The molecule has 3 heterocycles. The number of rotatable bonds is 4. The van der Waals surface area contributed by atoms with Crippen molar-refractivity contribution in [3.63, 3.8) is 0 Å². The van der Waals surface area contributed by atoms with Crippen LogP contribution in [0.25, 0.3) is 11.0 Å². The first-order valence-corrected chi connectivity index (χ1v) is 6.99. The molecule has 0 aromatic carbocycles. The van der Waals surface area contributed by atoms with E-state index >= 15 is 0 Å². The van der Waals surface area contributed by atoms with Crippen LogP contribution < -0.4 is 10.2 Å². The van der Waals surface area contributed by atoms with Crippen molar-refractivity contribution in [1.82, 2.24) is 20.3 Å². The minimum absolute atomic E-state index is 0.0594. The first-order chi connectivity index (χ1) is 10.7. The summed E-state index contributed by atoms with van der Waals surface area (Å²) in [5.41, 5.74) is -0.162. The summed E-state index contributed by atoms with van der Waals surface area (Å²) >= 11 is 0. The van der Waals surface area contributed by atoms with Crippen LogP contribution in [0.2, 0.25) is 0 Å². The lowest BCUT2D eigenvalue weighted by molar-refractivity contribution is -0.131. The van der Waals surface area contributed by atoms with E-state index in [-0.39, 0.29) is 19.1 Å². The Morgan fingerprint density at radius 1 is 1.59 bits per heavy atom. The molecule has 0 bridgehead atoms. The van der Waals surface area contributed by atoms with Crippen LogP contribution in [0.4, 0.5) is 5.82 Å². The van der Waals surface area contributed by atoms with Gasteiger partial charge in [-0.2, -0.15) is 5.26 Å². The quantitative estimate of drug-likeness (QED) is 0.672. The van der Waals surface area contributed by atoms with Crippen molar-refractivity contribution in [2.24, 2.45) is 5.41 Å². The molecule has 22 heavy (non-hydrogen) atoms. The highest BCUT2D eigenvalue weighted by molar-refractivity contribution is 5.89. The fourth-order valence-corrected chi connectivity index (χ4v) is 2.86. The average molecular weight is 300 g/mol. The number of nitrogens with one attached hydrogen (secondary N) is 2. The maximum atomic E-state index is 12.3. The molecule has 114 valence electrons. The molecule has 0 radical (unpaired) electrons. The Morgan fingerprint density at radius 3 is 3.23 bits per heavy atom. The van der Waals surface area contributed by atoms with Crippen molar-refractivity contribution < 1.29 is 9.90 Å². The first kappa shape index (κ1) is 14.3. The maximum Gasteiger partial charge on any atom is 0.231 e. The maximum absolute atomic E-state index is 12.3. The number of anilines is 1. The third-order valence-corrected chi connectivity index (χ3v) is 4.10. The van der Waals surface area contributed by atoms with Crippen LogP contribution in [-0.2, 0) is 4.79 Å². The average Bonchev–Trinajstić information content (AvgIpc) is 3.19. The molecule has 1 unspecified atom stereocenters. The van der Waals surface area contributed by atoms with Crippen LogP contribution in [0.5, 0.6) is 0 Å². The van der Waals surface area contributed by atoms with E-state index in [1.165, 1.54) is 6.33 Å². The van der Waals surface area contributed by atoms with Gasteiger partial charge >= 0.3 is 0 Å². The zero-order chi connectivity index (χ0) is 15.6. The number of aromatic nitrogens is 3. The van der Waals surface area contributed by atoms with Crippen molar-refractivity contribution >= 4 is 22.8 Å². The number of carbonyl (C=O) groups excluding carboxylic acids is 1. The van der Waals surface area contributed by atoms with Crippen LogP contribution in [0.15, 0.2) is 18.6 Å². The molecule has 1 aliphatic rings. The summed E-state index contributed by atoms with van der Waals surface area (Å²) < 4.78 is 0. The fourth-order valence-electron chi connectivity index (χ4n) is 2.86. The minimum atomic E-state index is -0.898. The van der Waals surface area contributed by atoms with Crippen LogP contribution in [0.3, 0.4) is 0 Å². The third-order valence-electron chi connectivity index (χ3n) is 4.10. The Kier molecular flexibility index (Phi) is 3.65. The van der Waals surface area contributed by atoms with Crippen molar-refractivity contribution in [3.8, 4) is 6.07 Å². The van der Waals surface area contributed by atoms with E-state index in [2.05, 4.69) is 20.3 Å². The molecule has 2 aromatic heterocycles. The SMILES string of the molecule is N#CCNC(=O)C1(CO)CCN(c2ncnc3[nH]ccc23)C1. The standard InChI is InChI=1S/C14H16N6O2/c15-3-5-17-13(22)14(8-21)2-6-20(7-14)12-10-1-4-16-11(10)18-9-19-12/h1,4,9,21H,2,5-8H2,(H,17,22)(H,16,18,19). The number of nitriles is 1. The van der Waals surface area contributed by atoms with Crippen molar-refractivity contribution in [2.45, 2.75) is 6.42 Å². The molecule has 1 amide bonds. The molecular weight excluding hydrogens is 284 g/mol. The highest BCUT2D eigenvalue weighted by atomic mass is 16.3. The van der Waals surface area contributed by atoms with E-state index in [0.717, 1.165) is 16.9 Å². The van der Waals surface area contributed by atoms with E-state index in [0.29, 0.717) is 19.5 Å². The molecule has 1 fully saturated rings. The van der Waals surface area contributed by atoms with Gasteiger partial charge in [0.15, 0.2) is 0 Å². The lowest BCUT2D eigenvalue weighted by atomic mass is 9.87. The van der Waals surface area contributed by atoms with Gasteiger partial charge < -0.3 is 20.3 Å². The highest BCUT2D eigenvalue weighted by Crippen LogP contribution is 2.35. The minimum Gasteiger partial charge on any atom is -0.395 e. The van der Waals surface area contributed by atoms with E-state index in [9.17, 15) is 9.90 Å². The van der Waals surface area contributed by atoms with Crippen molar-refractivity contribution in [3.05, 3.63) is 18.6 Å². The number of H-pyrrole nitrogens is 1. The smallest absolute Gasteiger partial charge is 0.231 e. The van der Waals surface area contributed by atoms with Crippen LogP contribution in [-0.4, -0.2) is 52.2 Å². The Morgan fingerprint density at radius 2 is 2.45 bits per heavy atom. The van der Waals surface area contributed by atoms with Crippen molar-refractivity contribution in [2.75, 3.05) is 31.1 Å². The zero-order valence-corrected chi connectivity index (χ0v) is 11.9. The number of hydrogen-bond donors (Lipinski definition) is 3. The number of fused-ring (bicyclic) bond motifs is 1. The molecule has 1 saturated heterocycles. The van der Waals surface area contributed by atoms with Gasteiger partial charge in [0.05, 0.1) is 23.5 Å². The summed E-state index contributed by atoms with van der Waals surface area (Å²) in [6.07, 6.45) is 3.78. The largest absolute Gasteiger partial charge is 0.395 e. The number of aliphatic hydroxyl groups is 1. The topological polar surface area (TPSA) is 118 Å². The van der Waals surface area contributed by atoms with Crippen LogP contribution in [0, 0.1) is 16.7 Å². The van der Waals surface area contributed by atoms with Crippen LogP contribution >= 0.6 is 0 Å². The number of nitrogens with zero attached hydrogens (tertiary/aromatic N) is 4. The summed E-state index contributed by atoms with van der Waals surface area (Å²) in [6, 6.07) is 3.76. The second-order valence-corrected chi connectivity index (χ2v) is 5.39. The van der Waals surface area contributed by atoms with Gasteiger partial charge in [-0.25, -0.2) is 9.97 Å². The van der Waals surface area contributed by atoms with E-state index < -0.39 is 5.41 Å². The van der Waals surface area contributed by atoms with Gasteiger partial charge in [-0.1, -0.05) is 0 Å². The monoisotopic (exact) mass is 300 g/mol. The molecule has 3 rings (SSSR count). The third kappa shape index (κ3) is 2.25. The molecule has 0 aliphatic carbocycles. The van der Waals surface area contributed by atoms with E-state index in [4.69, 9.17) is 5.26 Å². The Bertz CT molecular complexity index is 736. The second-order valence-electron chi connectivity index (χ2n) is 5.39. The van der Waals surface area contributed by atoms with Gasteiger partial charge in [-0.3, -0.25) is 4.79 Å². The van der Waals surface area contributed by atoms with Crippen molar-refractivity contribution in [1.29, 1.82) is 5.26 Å².